The van der Waals surface area contributed by atoms with Crippen LogP contribution in [0.5, 0.6) is 5.75 Å². The zero-order valence-electron chi connectivity index (χ0n) is 26.3. The van der Waals surface area contributed by atoms with Gasteiger partial charge in [-0.3, -0.25) is 0 Å². The van der Waals surface area contributed by atoms with Gasteiger partial charge in [-0.15, -0.1) is 0 Å². The van der Waals surface area contributed by atoms with Crippen molar-refractivity contribution in [1.29, 1.82) is 0 Å². The summed E-state index contributed by atoms with van der Waals surface area (Å²) in [5.74, 6) is 1.16. The van der Waals surface area contributed by atoms with Crippen molar-refractivity contribution >= 4 is 6.29 Å². The zero-order chi connectivity index (χ0) is 30.1. The fourth-order valence-corrected chi connectivity index (χ4v) is 5.58. The van der Waals surface area contributed by atoms with E-state index in [-0.39, 0.29) is 11.7 Å². The van der Waals surface area contributed by atoms with Crippen LogP contribution in [0, 0.1) is 5.92 Å². The van der Waals surface area contributed by atoms with Crippen molar-refractivity contribution in [2.45, 2.75) is 64.1 Å². The van der Waals surface area contributed by atoms with Crippen molar-refractivity contribution in [3.05, 3.63) is 65.2 Å². The van der Waals surface area contributed by atoms with Crippen LogP contribution in [0.3, 0.4) is 0 Å². The van der Waals surface area contributed by atoms with Gasteiger partial charge in [0.25, 0.3) is 0 Å². The maximum atomic E-state index is 10.7. The number of hydrogen-bond donors (Lipinski definition) is 1. The summed E-state index contributed by atoms with van der Waals surface area (Å²) in [5, 5.41) is 10.7. The molecule has 1 heterocycles. The molecule has 7 heteroatoms. The number of benzene rings is 2. The van der Waals surface area contributed by atoms with Crippen LogP contribution in [0.15, 0.2) is 48.5 Å². The largest absolute Gasteiger partial charge is 0.508 e. The minimum absolute atomic E-state index is 0.102. The van der Waals surface area contributed by atoms with Gasteiger partial charge in [-0.2, -0.15) is 0 Å². The second-order valence-corrected chi connectivity index (χ2v) is 11.2. The zero-order valence-corrected chi connectivity index (χ0v) is 26.3. The van der Waals surface area contributed by atoms with Crippen LogP contribution in [0.25, 0.3) is 0 Å². The first kappa shape index (κ1) is 34.9. The molecule has 7 nitrogen and oxygen atoms in total. The van der Waals surface area contributed by atoms with Crippen LogP contribution < -0.4 is 0 Å². The Balaban J connectivity index is 0.000000357. The molecule has 0 amide bonds. The summed E-state index contributed by atoms with van der Waals surface area (Å²) >= 11 is 0. The summed E-state index contributed by atoms with van der Waals surface area (Å²) < 4.78 is 15.8. The van der Waals surface area contributed by atoms with Crippen molar-refractivity contribution < 1.29 is 24.1 Å². The highest BCUT2D eigenvalue weighted by Gasteiger charge is 2.39. The van der Waals surface area contributed by atoms with Gasteiger partial charge in [0.1, 0.15) is 12.0 Å². The fourth-order valence-electron chi connectivity index (χ4n) is 5.58. The third-order valence-electron chi connectivity index (χ3n) is 8.37. The molecule has 3 rings (SSSR count). The van der Waals surface area contributed by atoms with Crippen LogP contribution in [0.2, 0.25) is 0 Å². The number of piperidine rings is 1. The lowest BCUT2D eigenvalue weighted by molar-refractivity contribution is -0.114. The average Bonchev–Trinajstić information content (AvgIpc) is 3.00. The highest BCUT2D eigenvalue weighted by atomic mass is 16.7. The van der Waals surface area contributed by atoms with Crippen molar-refractivity contribution in [2.75, 3.05) is 67.7 Å². The molecule has 1 saturated heterocycles. The molecule has 1 N–H and O–H groups in total. The standard InChI is InChI=1S/C23H29NO3.C11H25NO2/c1-24-13-11-23(12-14-24,20-6-3-2-4-7-20)21-18-19(8-9-22(21)26)10-17-27-16-5-15-25;1-6-10(7-2)8-12(3)9-11(13-4)14-5/h2-4,6-9,15,18,26H,5,10-14,16-17H2,1H3;10-11H,6-9H2,1-5H3. The number of phenolic OH excluding ortho intramolecular Hbond substituents is 1. The quantitative estimate of drug-likeness (QED) is 0.162. The molecular formula is C34H54N2O5. The lowest BCUT2D eigenvalue weighted by Gasteiger charge is -2.42. The maximum Gasteiger partial charge on any atom is 0.169 e. The third-order valence-corrected chi connectivity index (χ3v) is 8.37. The Labute approximate surface area is 248 Å². The van der Waals surface area contributed by atoms with Gasteiger partial charge in [0, 0.05) is 44.7 Å². The monoisotopic (exact) mass is 570 g/mol. The molecule has 41 heavy (non-hydrogen) atoms. The number of likely N-dealkylation sites (tertiary alicyclic amines) is 1. The van der Waals surface area contributed by atoms with Gasteiger partial charge in [-0.25, -0.2) is 0 Å². The number of likely N-dealkylation sites (N-methyl/N-ethyl adjacent to an activating group) is 1. The first-order valence-electron chi connectivity index (χ1n) is 15.1. The Kier molecular flexibility index (Phi) is 16.2. The SMILES string of the molecule is CCC(CC)CN(C)CC(OC)OC.CN1CCC(c2ccccc2)(c2cc(CCOCCC=O)ccc2O)CC1. The molecule has 2 aromatic rings. The summed E-state index contributed by atoms with van der Waals surface area (Å²) in [6, 6.07) is 16.5. The Bertz CT molecular complexity index is 956. The third kappa shape index (κ3) is 11.1. The van der Waals surface area contributed by atoms with E-state index in [1.54, 1.807) is 14.2 Å². The molecule has 0 spiro atoms. The molecule has 0 bridgehead atoms. The van der Waals surface area contributed by atoms with E-state index >= 15 is 0 Å². The minimum atomic E-state index is -0.160. The highest BCUT2D eigenvalue weighted by molar-refractivity contribution is 5.49. The summed E-state index contributed by atoms with van der Waals surface area (Å²) in [6.45, 7) is 9.51. The molecule has 0 radical (unpaired) electrons. The Morgan fingerprint density at radius 1 is 1.00 bits per heavy atom. The minimum Gasteiger partial charge on any atom is -0.508 e. The van der Waals surface area contributed by atoms with Crippen LogP contribution in [0.1, 0.15) is 62.6 Å². The normalized spacial score (nSPS) is 15.2. The number of hydrogen-bond acceptors (Lipinski definition) is 7. The van der Waals surface area contributed by atoms with Gasteiger partial charge in [-0.1, -0.05) is 69.2 Å². The molecule has 0 atom stereocenters. The number of methoxy groups -OCH3 is 2. The topological polar surface area (TPSA) is 71.5 Å². The van der Waals surface area contributed by atoms with Crippen molar-refractivity contribution in [1.82, 2.24) is 9.80 Å². The predicted molar refractivity (Wildman–Crippen MR) is 167 cm³/mol. The van der Waals surface area contributed by atoms with E-state index < -0.39 is 0 Å². The number of carbonyl (C=O) groups excluding carboxylic acids is 1. The molecule has 1 aliphatic heterocycles. The van der Waals surface area contributed by atoms with Crippen molar-refractivity contribution in [3.8, 4) is 5.75 Å². The van der Waals surface area contributed by atoms with E-state index in [1.807, 2.05) is 18.2 Å². The molecule has 0 unspecified atom stereocenters. The lowest BCUT2D eigenvalue weighted by atomic mass is 9.67. The van der Waals surface area contributed by atoms with Gasteiger partial charge in [0.05, 0.1) is 13.2 Å². The second kappa shape index (κ2) is 19.0. The highest BCUT2D eigenvalue weighted by Crippen LogP contribution is 2.45. The molecule has 1 fully saturated rings. The van der Waals surface area contributed by atoms with E-state index in [1.165, 1.54) is 18.4 Å². The summed E-state index contributed by atoms with van der Waals surface area (Å²) in [6.07, 6.45) is 6.44. The molecule has 230 valence electrons. The van der Waals surface area contributed by atoms with Crippen molar-refractivity contribution in [2.24, 2.45) is 5.92 Å². The Hall–Kier alpha value is -2.29. The smallest absolute Gasteiger partial charge is 0.169 e. The maximum absolute atomic E-state index is 10.7. The molecule has 0 saturated carbocycles. The van der Waals surface area contributed by atoms with Crippen LogP contribution in [-0.2, 0) is 30.8 Å². The lowest BCUT2D eigenvalue weighted by Crippen LogP contribution is -2.41. The van der Waals surface area contributed by atoms with E-state index in [9.17, 15) is 9.90 Å². The number of nitrogens with zero attached hydrogens (tertiary/aromatic N) is 2. The van der Waals surface area contributed by atoms with Gasteiger partial charge >= 0.3 is 0 Å². The predicted octanol–water partition coefficient (Wildman–Crippen LogP) is 5.53. The van der Waals surface area contributed by atoms with Gasteiger partial charge < -0.3 is 33.9 Å². The van der Waals surface area contributed by atoms with E-state index in [0.29, 0.717) is 25.4 Å². The van der Waals surface area contributed by atoms with E-state index in [2.05, 4.69) is 68.1 Å². The van der Waals surface area contributed by atoms with Gasteiger partial charge in [0.2, 0.25) is 0 Å². The molecular weight excluding hydrogens is 516 g/mol. The second-order valence-electron chi connectivity index (χ2n) is 11.2. The van der Waals surface area contributed by atoms with Gasteiger partial charge in [-0.05, 0) is 69.6 Å². The first-order chi connectivity index (χ1) is 19.8. The first-order valence-corrected chi connectivity index (χ1v) is 15.1. The van der Waals surface area contributed by atoms with Gasteiger partial charge in [0.15, 0.2) is 6.29 Å². The number of rotatable bonds is 16. The number of ether oxygens (including phenoxy) is 3. The number of carbonyl (C=O) groups is 1. The molecule has 0 aliphatic carbocycles. The molecule has 0 aromatic heterocycles. The fraction of sp³-hybridized carbons (Fsp3) is 0.618. The number of aromatic hydroxyl groups is 1. The Morgan fingerprint density at radius 3 is 2.24 bits per heavy atom. The molecule has 1 aliphatic rings. The average molecular weight is 571 g/mol. The van der Waals surface area contributed by atoms with E-state index in [0.717, 1.165) is 68.8 Å². The summed E-state index contributed by atoms with van der Waals surface area (Å²) in [7, 11) is 7.63. The van der Waals surface area contributed by atoms with Crippen molar-refractivity contribution in [3.63, 3.8) is 0 Å². The Morgan fingerprint density at radius 2 is 1.66 bits per heavy atom. The number of aldehydes is 1. The van der Waals surface area contributed by atoms with Crippen LogP contribution >= 0.6 is 0 Å². The molecule has 2 aromatic carbocycles. The summed E-state index contributed by atoms with van der Waals surface area (Å²) in [4.78, 5) is 15.0. The summed E-state index contributed by atoms with van der Waals surface area (Å²) in [5.41, 5.74) is 3.29. The van der Waals surface area contributed by atoms with E-state index in [4.69, 9.17) is 14.2 Å². The van der Waals surface area contributed by atoms with Crippen LogP contribution in [0.4, 0.5) is 0 Å². The number of phenols is 1. The van der Waals surface area contributed by atoms with Crippen LogP contribution in [-0.4, -0.2) is 95.2 Å².